The Kier molecular flexibility index (Phi) is 5.37. The highest BCUT2D eigenvalue weighted by atomic mass is 32.1. The number of nitrogens with one attached hydrogen (secondary N) is 1. The molecule has 1 saturated heterocycles. The first-order chi connectivity index (χ1) is 14.0. The van der Waals surface area contributed by atoms with E-state index in [-0.39, 0.29) is 12.1 Å². The summed E-state index contributed by atoms with van der Waals surface area (Å²) < 4.78 is 2.22. The molecule has 29 heavy (non-hydrogen) atoms. The highest BCUT2D eigenvalue weighted by Gasteiger charge is 2.41. The van der Waals surface area contributed by atoms with Gasteiger partial charge in [-0.15, -0.1) is 0 Å². The van der Waals surface area contributed by atoms with Crippen LogP contribution in [-0.4, -0.2) is 31.1 Å². The highest BCUT2D eigenvalue weighted by Crippen LogP contribution is 2.41. The maximum absolute atomic E-state index is 5.76. The van der Waals surface area contributed by atoms with Gasteiger partial charge in [-0.2, -0.15) is 0 Å². The van der Waals surface area contributed by atoms with Gasteiger partial charge in [0.25, 0.3) is 0 Å². The zero-order valence-electron chi connectivity index (χ0n) is 17.3. The van der Waals surface area contributed by atoms with Gasteiger partial charge in [0.15, 0.2) is 5.11 Å². The van der Waals surface area contributed by atoms with Gasteiger partial charge in [-0.25, -0.2) is 4.98 Å². The van der Waals surface area contributed by atoms with Crippen molar-refractivity contribution >= 4 is 17.3 Å². The maximum atomic E-state index is 5.76. The number of pyridine rings is 2. The van der Waals surface area contributed by atoms with Crippen LogP contribution < -0.4 is 5.32 Å². The van der Waals surface area contributed by atoms with Gasteiger partial charge in [0, 0.05) is 30.3 Å². The van der Waals surface area contributed by atoms with Crippen LogP contribution in [0.3, 0.4) is 0 Å². The lowest BCUT2D eigenvalue weighted by molar-refractivity contribution is 0.287. The van der Waals surface area contributed by atoms with Crippen LogP contribution in [0.2, 0.25) is 0 Å². The molecular weight excluding hydrogens is 378 g/mol. The molecule has 6 heteroatoms. The predicted molar refractivity (Wildman–Crippen MR) is 120 cm³/mol. The number of thiocarbonyl (C=S) groups is 1. The van der Waals surface area contributed by atoms with E-state index in [1.54, 1.807) is 0 Å². The van der Waals surface area contributed by atoms with E-state index in [2.05, 4.69) is 64.6 Å². The lowest BCUT2D eigenvalue weighted by atomic mass is 9.96. The molecule has 1 aliphatic rings. The molecule has 150 valence electrons. The third-order valence-electron chi connectivity index (χ3n) is 5.43. The molecule has 0 aliphatic carbocycles. The molecule has 1 fully saturated rings. The Hall–Kier alpha value is -2.73. The van der Waals surface area contributed by atoms with Crippen molar-refractivity contribution in [3.8, 4) is 5.82 Å². The summed E-state index contributed by atoms with van der Waals surface area (Å²) in [5, 5.41) is 4.33. The van der Waals surface area contributed by atoms with E-state index in [9.17, 15) is 0 Å². The minimum Gasteiger partial charge on any atom is -0.352 e. The molecule has 1 aliphatic heterocycles. The lowest BCUT2D eigenvalue weighted by Gasteiger charge is -2.29. The summed E-state index contributed by atoms with van der Waals surface area (Å²) in [7, 11) is 0. The number of hydrogen-bond acceptors (Lipinski definition) is 3. The Morgan fingerprint density at radius 3 is 2.41 bits per heavy atom. The van der Waals surface area contributed by atoms with E-state index < -0.39 is 0 Å². The lowest BCUT2D eigenvalue weighted by Crippen LogP contribution is -2.33. The van der Waals surface area contributed by atoms with Gasteiger partial charge in [-0.05, 0) is 67.9 Å². The van der Waals surface area contributed by atoms with Crippen LogP contribution in [0.5, 0.6) is 0 Å². The molecule has 0 radical (unpaired) electrons. The molecule has 3 aromatic heterocycles. The van der Waals surface area contributed by atoms with Crippen molar-refractivity contribution < 1.29 is 0 Å². The van der Waals surface area contributed by atoms with Crippen molar-refractivity contribution in [1.82, 2.24) is 24.8 Å². The zero-order chi connectivity index (χ0) is 20.5. The zero-order valence-corrected chi connectivity index (χ0v) is 18.1. The molecule has 4 rings (SSSR count). The monoisotopic (exact) mass is 405 g/mol. The fourth-order valence-corrected chi connectivity index (χ4v) is 4.57. The molecule has 5 nitrogen and oxygen atoms in total. The second kappa shape index (κ2) is 7.95. The van der Waals surface area contributed by atoms with E-state index >= 15 is 0 Å². The van der Waals surface area contributed by atoms with Gasteiger partial charge in [0.1, 0.15) is 5.82 Å². The second-order valence-corrected chi connectivity index (χ2v) is 8.41. The molecule has 0 spiro atoms. The van der Waals surface area contributed by atoms with Crippen LogP contribution in [-0.2, 0) is 0 Å². The number of nitrogens with zero attached hydrogens (tertiary/aromatic N) is 4. The highest BCUT2D eigenvalue weighted by molar-refractivity contribution is 7.80. The molecular formula is C23H27N5S. The standard InChI is InChI=1S/C23H27N5S/c1-15(2)14-27-22(21(26-23(27)29)19-9-5-7-11-24-19)18-13-16(3)28(17(18)4)20-10-6-8-12-25-20/h5-13,15,21-22H,14H2,1-4H3,(H,26,29)/t21-,22+/m0/s1. The molecule has 0 saturated carbocycles. The summed E-state index contributed by atoms with van der Waals surface area (Å²) in [6.45, 7) is 9.65. The average molecular weight is 406 g/mol. The third-order valence-corrected chi connectivity index (χ3v) is 5.78. The molecule has 0 amide bonds. The first-order valence-corrected chi connectivity index (χ1v) is 10.5. The van der Waals surface area contributed by atoms with Crippen molar-refractivity contribution in [1.29, 1.82) is 0 Å². The van der Waals surface area contributed by atoms with Crippen LogP contribution in [0, 0.1) is 19.8 Å². The summed E-state index contributed by atoms with van der Waals surface area (Å²) in [6, 6.07) is 14.4. The van der Waals surface area contributed by atoms with Crippen LogP contribution >= 0.6 is 12.2 Å². The number of hydrogen-bond donors (Lipinski definition) is 1. The molecule has 2 atom stereocenters. The molecule has 3 aromatic rings. The fourth-order valence-electron chi connectivity index (χ4n) is 4.26. The van der Waals surface area contributed by atoms with Crippen molar-refractivity contribution in [2.45, 2.75) is 39.8 Å². The summed E-state index contributed by atoms with van der Waals surface area (Å²) in [5.74, 6) is 1.44. The first-order valence-electron chi connectivity index (χ1n) is 10.1. The second-order valence-electron chi connectivity index (χ2n) is 8.02. The molecule has 0 aromatic carbocycles. The summed E-state index contributed by atoms with van der Waals surface area (Å²) in [4.78, 5) is 11.5. The molecule has 0 unspecified atom stereocenters. The SMILES string of the molecule is Cc1cc([C@@H]2[C@H](c3ccccn3)NC(=S)N2CC(C)C)c(C)n1-c1ccccn1. The molecule has 4 heterocycles. The van der Waals surface area contributed by atoms with Gasteiger partial charge in [0.05, 0.1) is 17.8 Å². The average Bonchev–Trinajstić information content (AvgIpc) is 3.18. The normalized spacial score (nSPS) is 19.1. The largest absolute Gasteiger partial charge is 0.352 e. The van der Waals surface area contributed by atoms with Crippen molar-refractivity contribution in [3.05, 3.63) is 77.5 Å². The van der Waals surface area contributed by atoms with Crippen LogP contribution in [0.1, 0.15) is 48.6 Å². The van der Waals surface area contributed by atoms with E-state index in [1.807, 2.05) is 42.7 Å². The van der Waals surface area contributed by atoms with Crippen molar-refractivity contribution in [2.24, 2.45) is 5.92 Å². The number of aryl methyl sites for hydroxylation is 1. The number of rotatable bonds is 5. The van der Waals surface area contributed by atoms with Crippen molar-refractivity contribution in [2.75, 3.05) is 6.54 Å². The van der Waals surface area contributed by atoms with Gasteiger partial charge in [0.2, 0.25) is 0 Å². The molecule has 0 bridgehead atoms. The maximum Gasteiger partial charge on any atom is 0.170 e. The minimum absolute atomic E-state index is 0.0140. The smallest absolute Gasteiger partial charge is 0.170 e. The Bertz CT molecular complexity index is 997. The minimum atomic E-state index is 0.0140. The van der Waals surface area contributed by atoms with Crippen LogP contribution in [0.25, 0.3) is 5.82 Å². The summed E-state index contributed by atoms with van der Waals surface area (Å²) >= 11 is 5.76. The Labute approximate surface area is 177 Å². The van der Waals surface area contributed by atoms with Crippen molar-refractivity contribution in [3.63, 3.8) is 0 Å². The third kappa shape index (κ3) is 3.65. The quantitative estimate of drug-likeness (QED) is 0.633. The summed E-state index contributed by atoms with van der Waals surface area (Å²) in [5.41, 5.74) is 4.62. The Balaban J connectivity index is 1.83. The number of aromatic nitrogens is 3. The Morgan fingerprint density at radius 2 is 1.79 bits per heavy atom. The Morgan fingerprint density at radius 1 is 1.07 bits per heavy atom. The van der Waals surface area contributed by atoms with Crippen LogP contribution in [0.15, 0.2) is 54.9 Å². The van der Waals surface area contributed by atoms with Gasteiger partial charge < -0.3 is 14.8 Å². The van der Waals surface area contributed by atoms with Gasteiger partial charge >= 0.3 is 0 Å². The topological polar surface area (TPSA) is 46.0 Å². The first kappa shape index (κ1) is 19.6. The fraction of sp³-hybridized carbons (Fsp3) is 0.348. The van der Waals surface area contributed by atoms with Gasteiger partial charge in [-0.3, -0.25) is 4.98 Å². The summed E-state index contributed by atoms with van der Waals surface area (Å²) in [6.07, 6.45) is 3.68. The van der Waals surface area contributed by atoms with E-state index in [1.165, 1.54) is 17.0 Å². The molecule has 1 N–H and O–H groups in total. The van der Waals surface area contributed by atoms with E-state index in [0.717, 1.165) is 23.2 Å². The van der Waals surface area contributed by atoms with E-state index in [4.69, 9.17) is 12.2 Å². The predicted octanol–water partition coefficient (Wildman–Crippen LogP) is 4.51. The van der Waals surface area contributed by atoms with Crippen LogP contribution in [0.4, 0.5) is 0 Å². The van der Waals surface area contributed by atoms with Gasteiger partial charge in [-0.1, -0.05) is 26.0 Å². The van der Waals surface area contributed by atoms with E-state index in [0.29, 0.717) is 5.92 Å².